The molecule has 3 aliphatic heterocycles. The molecule has 2 aromatic rings. The Kier molecular flexibility index (Phi) is 5.13. The number of esters is 1. The number of rotatable bonds is 4. The molecular weight excluding hydrogens is 412 g/mol. The van der Waals surface area contributed by atoms with Gasteiger partial charge in [0.05, 0.1) is 5.56 Å². The average molecular weight is 430 g/mol. The lowest BCUT2D eigenvalue weighted by molar-refractivity contribution is -0.479. The summed E-state index contributed by atoms with van der Waals surface area (Å²) >= 11 is 5.20. The molecule has 2 aromatic carbocycles. The molecule has 6 rings (SSSR count). The maximum Gasteiger partial charge on any atom is 0.358 e. The number of hydrogen-bond acceptors (Lipinski definition) is 9. The van der Waals surface area contributed by atoms with Crippen molar-refractivity contribution in [1.82, 2.24) is 0 Å². The summed E-state index contributed by atoms with van der Waals surface area (Å²) in [7, 11) is 0. The minimum atomic E-state index is -1.10. The van der Waals surface area contributed by atoms with E-state index in [2.05, 4.69) is 0 Å². The second kappa shape index (κ2) is 7.93. The van der Waals surface area contributed by atoms with E-state index in [0.29, 0.717) is 11.3 Å². The van der Waals surface area contributed by atoms with Crippen LogP contribution in [0.4, 0.5) is 0 Å². The van der Waals surface area contributed by atoms with Gasteiger partial charge >= 0.3 is 11.2 Å². The Hall–Kier alpha value is -2.56. The number of hydrogen-bond donors (Lipinski definition) is 1. The third kappa shape index (κ3) is 3.55. The number of benzene rings is 2. The quantitative estimate of drug-likeness (QED) is 0.576. The Bertz CT molecular complexity index is 923. The molecule has 7 atom stereocenters. The molecule has 1 aliphatic carbocycles. The summed E-state index contributed by atoms with van der Waals surface area (Å²) in [6.45, 7) is -0.969. The highest BCUT2D eigenvalue weighted by molar-refractivity contribution is 7.79. The summed E-state index contributed by atoms with van der Waals surface area (Å²) in [6, 6.07) is 17.4. The Balaban J connectivity index is 1.33. The number of carbonyl (C=O) groups excluding carboxylic acids is 1. The van der Waals surface area contributed by atoms with Gasteiger partial charge in [0.2, 0.25) is 0 Å². The molecule has 30 heavy (non-hydrogen) atoms. The molecular formula is C21H18O8S. The fraction of sp³-hybridized carbons (Fsp3) is 0.333. The zero-order valence-corrected chi connectivity index (χ0v) is 16.3. The van der Waals surface area contributed by atoms with Crippen molar-refractivity contribution in [3.05, 3.63) is 66.2 Å². The first-order valence-corrected chi connectivity index (χ1v) is 9.85. The molecule has 3 saturated heterocycles. The zero-order valence-electron chi connectivity index (χ0n) is 15.5. The van der Waals surface area contributed by atoms with E-state index in [4.69, 9.17) is 40.6 Å². The van der Waals surface area contributed by atoms with Crippen molar-refractivity contribution in [1.29, 1.82) is 0 Å². The number of para-hydroxylation sites is 1. The van der Waals surface area contributed by atoms with Crippen LogP contribution in [0.2, 0.25) is 0 Å². The molecule has 4 aliphatic rings. The van der Waals surface area contributed by atoms with Gasteiger partial charge in [-0.2, -0.15) is 0 Å². The first-order chi connectivity index (χ1) is 14.6. The highest BCUT2D eigenvalue weighted by Gasteiger charge is 2.64. The van der Waals surface area contributed by atoms with Crippen molar-refractivity contribution in [2.24, 2.45) is 0 Å². The third-order valence-corrected chi connectivity index (χ3v) is 5.38. The number of carbonyl (C=O) groups is 1. The molecule has 4 fully saturated rings. The van der Waals surface area contributed by atoms with Crippen LogP contribution in [0.25, 0.3) is 0 Å². The van der Waals surface area contributed by atoms with Crippen molar-refractivity contribution in [3.63, 3.8) is 0 Å². The maximum atomic E-state index is 12.6. The molecule has 4 bridgehead atoms. The van der Waals surface area contributed by atoms with Crippen LogP contribution in [-0.4, -0.2) is 59.4 Å². The fourth-order valence-corrected chi connectivity index (χ4v) is 4.05. The fourth-order valence-electron chi connectivity index (χ4n) is 3.84. The van der Waals surface area contributed by atoms with Gasteiger partial charge in [-0.1, -0.05) is 36.4 Å². The lowest BCUT2D eigenvalue weighted by Gasteiger charge is -2.56. The van der Waals surface area contributed by atoms with Crippen LogP contribution in [0.15, 0.2) is 60.7 Å². The number of aliphatic hydroxyl groups is 1. The second-order valence-corrected chi connectivity index (χ2v) is 7.40. The Labute approximate surface area is 177 Å². The summed E-state index contributed by atoms with van der Waals surface area (Å²) in [5, 5.41) is 10.5. The lowest BCUT2D eigenvalue weighted by Crippen LogP contribution is -2.76. The Morgan fingerprint density at radius 3 is 2.07 bits per heavy atom. The van der Waals surface area contributed by atoms with Crippen molar-refractivity contribution < 1.29 is 38.3 Å². The Morgan fingerprint density at radius 2 is 1.40 bits per heavy atom. The van der Waals surface area contributed by atoms with Gasteiger partial charge in [-0.15, -0.1) is 0 Å². The lowest BCUT2D eigenvalue weighted by atomic mass is 9.82. The maximum absolute atomic E-state index is 12.6. The van der Waals surface area contributed by atoms with Crippen molar-refractivity contribution in [2.75, 3.05) is 0 Å². The highest BCUT2D eigenvalue weighted by atomic mass is 32.1. The predicted octanol–water partition coefficient (Wildman–Crippen LogP) is 1.80. The molecule has 0 amide bonds. The van der Waals surface area contributed by atoms with Gasteiger partial charge in [0.25, 0.3) is 6.48 Å². The van der Waals surface area contributed by atoms with Gasteiger partial charge in [-0.3, -0.25) is 0 Å². The molecule has 8 nitrogen and oxygen atoms in total. The molecule has 0 aromatic heterocycles. The van der Waals surface area contributed by atoms with E-state index in [-0.39, 0.29) is 5.24 Å². The van der Waals surface area contributed by atoms with Crippen LogP contribution in [0.3, 0.4) is 0 Å². The van der Waals surface area contributed by atoms with Crippen molar-refractivity contribution in [3.8, 4) is 5.75 Å². The summed E-state index contributed by atoms with van der Waals surface area (Å²) < 4.78 is 33.8. The van der Waals surface area contributed by atoms with Crippen molar-refractivity contribution >= 4 is 23.4 Å². The van der Waals surface area contributed by atoms with Crippen LogP contribution in [0.5, 0.6) is 5.75 Å². The number of thiocarbonyl (C=S) groups is 1. The summed E-state index contributed by atoms with van der Waals surface area (Å²) in [4.78, 5) is 12.6. The first-order valence-electron chi connectivity index (χ1n) is 9.44. The van der Waals surface area contributed by atoms with Gasteiger partial charge in [0.1, 0.15) is 30.2 Å². The number of aliphatic hydroxyl groups excluding tert-OH is 1. The van der Waals surface area contributed by atoms with Gasteiger partial charge in [-0.05, 0) is 24.3 Å². The normalized spacial score (nSPS) is 33.7. The van der Waals surface area contributed by atoms with E-state index < -0.39 is 49.1 Å². The van der Waals surface area contributed by atoms with E-state index in [9.17, 15) is 9.90 Å². The monoisotopic (exact) mass is 430 g/mol. The van der Waals surface area contributed by atoms with Gasteiger partial charge < -0.3 is 33.5 Å². The molecule has 0 spiro atoms. The molecule has 0 radical (unpaired) electrons. The minimum absolute atomic E-state index is 0.160. The highest BCUT2D eigenvalue weighted by Crippen LogP contribution is 2.42. The molecule has 1 unspecified atom stereocenters. The van der Waals surface area contributed by atoms with E-state index >= 15 is 0 Å². The SMILES string of the molecule is O=C(O[C@@H]1[C@@H]2OC3O[C@H]([C@@H](O)[C@@H]1O3)[C@@H]2OC(=S)Oc1ccccc1)c1ccccc1. The van der Waals surface area contributed by atoms with Crippen LogP contribution in [0, 0.1) is 0 Å². The summed E-state index contributed by atoms with van der Waals surface area (Å²) in [5.41, 5.74) is 0.373. The first kappa shape index (κ1) is 19.4. The van der Waals surface area contributed by atoms with Crippen LogP contribution < -0.4 is 4.74 Å². The number of ether oxygens (including phenoxy) is 6. The smallest absolute Gasteiger partial charge is 0.358 e. The predicted molar refractivity (Wildman–Crippen MR) is 105 cm³/mol. The molecule has 1 N–H and O–H groups in total. The third-order valence-electron chi connectivity index (χ3n) is 5.20. The van der Waals surface area contributed by atoms with Gasteiger partial charge in [0.15, 0.2) is 12.2 Å². The summed E-state index contributed by atoms with van der Waals surface area (Å²) in [5.74, 6) is -0.0562. The van der Waals surface area contributed by atoms with Crippen molar-refractivity contribution in [2.45, 2.75) is 43.1 Å². The van der Waals surface area contributed by atoms with E-state index in [1.807, 2.05) is 6.07 Å². The molecule has 156 valence electrons. The van der Waals surface area contributed by atoms with Gasteiger partial charge in [-0.25, -0.2) is 4.79 Å². The summed E-state index contributed by atoms with van der Waals surface area (Å²) in [6.07, 6.45) is -5.17. The van der Waals surface area contributed by atoms with E-state index in [1.165, 1.54) is 0 Å². The largest absolute Gasteiger partial charge is 0.453 e. The van der Waals surface area contributed by atoms with E-state index in [1.54, 1.807) is 54.6 Å². The Morgan fingerprint density at radius 1 is 0.833 bits per heavy atom. The standard InChI is InChI=1S/C21H18O8S/c22-13-14-16(25-19(23)11-7-3-1-4-8-11)18-17(15(13)27-20(26-14)28-18)29-21(30)24-12-9-5-2-6-10-12/h1-10,13-18,20,22H/t13-,14-,15+,16-,17-,18-,20?/m0/s1. The zero-order chi connectivity index (χ0) is 20.7. The van der Waals surface area contributed by atoms with Gasteiger partial charge in [0, 0.05) is 12.2 Å². The van der Waals surface area contributed by atoms with Crippen LogP contribution in [-0.2, 0) is 23.7 Å². The molecule has 1 saturated carbocycles. The minimum Gasteiger partial charge on any atom is -0.453 e. The second-order valence-electron chi connectivity index (χ2n) is 7.06. The van der Waals surface area contributed by atoms with Crippen LogP contribution in [0.1, 0.15) is 10.4 Å². The molecule has 3 heterocycles. The van der Waals surface area contributed by atoms with E-state index in [0.717, 1.165) is 0 Å². The topological polar surface area (TPSA) is 92.7 Å². The molecule has 9 heteroatoms. The average Bonchev–Trinajstić information content (AvgIpc) is 2.76. The van der Waals surface area contributed by atoms with Crippen LogP contribution >= 0.6 is 12.2 Å².